The van der Waals surface area contributed by atoms with Crippen LogP contribution in [0.3, 0.4) is 0 Å². The first kappa shape index (κ1) is 12.5. The third-order valence-corrected chi connectivity index (χ3v) is 2.25. The van der Waals surface area contributed by atoms with Gasteiger partial charge in [-0.05, 0) is 19.1 Å². The first-order valence-electron chi connectivity index (χ1n) is 5.59. The summed E-state index contributed by atoms with van der Waals surface area (Å²) in [6.45, 7) is 1.51. The molecule has 0 saturated heterocycles. The summed E-state index contributed by atoms with van der Waals surface area (Å²) in [6.07, 6.45) is -0.480. The van der Waals surface area contributed by atoms with E-state index in [0.29, 0.717) is 23.9 Å². The van der Waals surface area contributed by atoms with Gasteiger partial charge in [-0.25, -0.2) is 4.79 Å². The Bertz CT molecular complexity index is 446. The first-order chi connectivity index (χ1) is 8.61. The van der Waals surface area contributed by atoms with Crippen molar-refractivity contribution < 1.29 is 23.7 Å². The van der Waals surface area contributed by atoms with Crippen molar-refractivity contribution in [2.24, 2.45) is 0 Å². The lowest BCUT2D eigenvalue weighted by Crippen LogP contribution is -2.25. The van der Waals surface area contributed by atoms with E-state index in [2.05, 4.69) is 0 Å². The van der Waals surface area contributed by atoms with E-state index >= 15 is 0 Å². The Morgan fingerprint density at radius 1 is 1.39 bits per heavy atom. The maximum Gasteiger partial charge on any atom is 0.414 e. The maximum atomic E-state index is 11.5. The molecule has 6 heteroatoms. The van der Waals surface area contributed by atoms with Crippen molar-refractivity contribution in [1.29, 1.82) is 0 Å². The average molecular weight is 253 g/mol. The summed E-state index contributed by atoms with van der Waals surface area (Å²) in [7, 11) is 3.21. The summed E-state index contributed by atoms with van der Waals surface area (Å²) in [6, 6.07) is 5.08. The molecule has 1 amide bonds. The summed E-state index contributed by atoms with van der Waals surface area (Å²) >= 11 is 0. The van der Waals surface area contributed by atoms with Gasteiger partial charge in [0.15, 0.2) is 11.5 Å². The number of rotatable bonds is 3. The fourth-order valence-electron chi connectivity index (χ4n) is 1.40. The van der Waals surface area contributed by atoms with Crippen LogP contribution in [0.25, 0.3) is 0 Å². The van der Waals surface area contributed by atoms with Crippen LogP contribution >= 0.6 is 0 Å². The molecular weight excluding hydrogens is 238 g/mol. The molecule has 2 rings (SSSR count). The van der Waals surface area contributed by atoms with Crippen LogP contribution in [0.15, 0.2) is 18.2 Å². The fourth-order valence-corrected chi connectivity index (χ4v) is 1.40. The molecule has 1 aromatic carbocycles. The fraction of sp³-hybridized carbons (Fsp3) is 0.417. The highest BCUT2D eigenvalue weighted by Gasteiger charge is 2.28. The minimum atomic E-state index is -0.788. The summed E-state index contributed by atoms with van der Waals surface area (Å²) in [5, 5.41) is 0. The van der Waals surface area contributed by atoms with Crippen LogP contribution in [0.4, 0.5) is 4.79 Å². The predicted molar refractivity (Wildman–Crippen MR) is 62.8 cm³/mol. The number of ether oxygens (including phenoxy) is 4. The quantitative estimate of drug-likeness (QED) is 0.822. The van der Waals surface area contributed by atoms with Crippen LogP contribution < -0.4 is 14.2 Å². The number of benzene rings is 1. The van der Waals surface area contributed by atoms with E-state index in [1.54, 1.807) is 32.3 Å². The highest BCUT2D eigenvalue weighted by atomic mass is 16.9. The molecule has 6 nitrogen and oxygen atoms in total. The number of hydrogen-bond acceptors (Lipinski definition) is 5. The molecule has 1 atom stereocenters. The number of carbonyl (C=O) groups is 1. The highest BCUT2D eigenvalue weighted by molar-refractivity contribution is 5.72. The molecule has 18 heavy (non-hydrogen) atoms. The third kappa shape index (κ3) is 2.48. The Hall–Kier alpha value is -1.95. The summed E-state index contributed by atoms with van der Waals surface area (Å²) in [5.41, 5.74) is 0. The van der Waals surface area contributed by atoms with E-state index in [0.717, 1.165) is 0 Å². The molecular formula is C12H15NO5. The normalized spacial score (nSPS) is 16.5. The topological polar surface area (TPSA) is 57.2 Å². The molecule has 0 radical (unpaired) electrons. The Labute approximate surface area is 105 Å². The molecule has 0 N–H and O–H groups in total. The number of nitrogens with zero attached hydrogens (tertiary/aromatic N) is 1. The second-order valence-corrected chi connectivity index (χ2v) is 3.83. The summed E-state index contributed by atoms with van der Waals surface area (Å²) < 4.78 is 21.2. The highest BCUT2D eigenvalue weighted by Crippen LogP contribution is 2.42. The number of para-hydroxylation sites is 1. The van der Waals surface area contributed by atoms with Crippen molar-refractivity contribution in [2.45, 2.75) is 13.4 Å². The number of hydrogen-bond donors (Lipinski definition) is 0. The van der Waals surface area contributed by atoms with Crippen molar-refractivity contribution in [1.82, 2.24) is 4.90 Å². The minimum absolute atomic E-state index is 0.313. The van der Waals surface area contributed by atoms with Crippen LogP contribution in [0.2, 0.25) is 0 Å². The number of carbonyl (C=O) groups excluding carboxylic acids is 1. The van der Waals surface area contributed by atoms with Crippen LogP contribution in [0, 0.1) is 0 Å². The minimum Gasteiger partial charge on any atom is -0.428 e. The molecule has 98 valence electrons. The summed E-state index contributed by atoms with van der Waals surface area (Å²) in [5.74, 6) is 1.19. The lowest BCUT2D eigenvalue weighted by Gasteiger charge is -2.12. The average Bonchev–Trinajstić information content (AvgIpc) is 2.73. The molecule has 0 fully saturated rings. The van der Waals surface area contributed by atoms with Gasteiger partial charge >= 0.3 is 12.6 Å². The van der Waals surface area contributed by atoms with E-state index in [1.165, 1.54) is 4.90 Å². The molecule has 0 saturated carbocycles. The standard InChI is InChI=1S/C12H15NO5/c1-4-15-12-17-9-7-5-6-8(10(9)18-12)16-11(14)13(2)3/h5-7,12H,4H2,1-3H3. The summed E-state index contributed by atoms with van der Waals surface area (Å²) in [4.78, 5) is 12.8. The van der Waals surface area contributed by atoms with Gasteiger partial charge < -0.3 is 23.8 Å². The molecule has 0 aromatic heterocycles. The lowest BCUT2D eigenvalue weighted by atomic mass is 10.3. The van der Waals surface area contributed by atoms with Crippen LogP contribution in [-0.2, 0) is 4.74 Å². The molecule has 1 unspecified atom stereocenters. The zero-order valence-corrected chi connectivity index (χ0v) is 10.5. The maximum absolute atomic E-state index is 11.5. The lowest BCUT2D eigenvalue weighted by molar-refractivity contribution is -0.173. The molecule has 1 aliphatic heterocycles. The van der Waals surface area contributed by atoms with Gasteiger partial charge in [0.05, 0.1) is 6.61 Å². The van der Waals surface area contributed by atoms with Crippen molar-refractivity contribution in [2.75, 3.05) is 20.7 Å². The molecule has 1 heterocycles. The SMILES string of the molecule is CCOC1Oc2cccc(OC(=O)N(C)C)c2O1. The van der Waals surface area contributed by atoms with Gasteiger partial charge in [0.2, 0.25) is 5.75 Å². The van der Waals surface area contributed by atoms with Gasteiger partial charge in [0.1, 0.15) is 0 Å². The molecule has 1 aliphatic rings. The number of amides is 1. The van der Waals surface area contributed by atoms with Crippen LogP contribution in [0.5, 0.6) is 17.2 Å². The van der Waals surface area contributed by atoms with Gasteiger partial charge in [-0.3, -0.25) is 0 Å². The third-order valence-electron chi connectivity index (χ3n) is 2.25. The predicted octanol–water partition coefficient (Wildman–Crippen LogP) is 1.84. The van der Waals surface area contributed by atoms with E-state index in [-0.39, 0.29) is 0 Å². The van der Waals surface area contributed by atoms with Gasteiger partial charge in [-0.1, -0.05) is 6.07 Å². The van der Waals surface area contributed by atoms with Crippen molar-refractivity contribution in [3.8, 4) is 17.2 Å². The number of fused-ring (bicyclic) bond motifs is 1. The largest absolute Gasteiger partial charge is 0.428 e. The Morgan fingerprint density at radius 2 is 2.17 bits per heavy atom. The second-order valence-electron chi connectivity index (χ2n) is 3.83. The monoisotopic (exact) mass is 253 g/mol. The molecule has 0 aliphatic carbocycles. The van der Waals surface area contributed by atoms with E-state index in [9.17, 15) is 4.79 Å². The Morgan fingerprint density at radius 3 is 2.83 bits per heavy atom. The van der Waals surface area contributed by atoms with Gasteiger partial charge in [0.25, 0.3) is 0 Å². The Balaban J connectivity index is 2.16. The first-order valence-corrected chi connectivity index (χ1v) is 5.59. The van der Waals surface area contributed by atoms with E-state index < -0.39 is 12.6 Å². The zero-order chi connectivity index (χ0) is 13.1. The zero-order valence-electron chi connectivity index (χ0n) is 10.5. The van der Waals surface area contributed by atoms with Crippen molar-refractivity contribution in [3.05, 3.63) is 18.2 Å². The van der Waals surface area contributed by atoms with Crippen molar-refractivity contribution >= 4 is 6.09 Å². The molecule has 1 aromatic rings. The van der Waals surface area contributed by atoms with E-state index in [1.807, 2.05) is 6.92 Å². The van der Waals surface area contributed by atoms with E-state index in [4.69, 9.17) is 18.9 Å². The molecule has 0 spiro atoms. The molecule has 0 bridgehead atoms. The van der Waals surface area contributed by atoms with Gasteiger partial charge in [-0.15, -0.1) is 0 Å². The smallest absolute Gasteiger partial charge is 0.414 e. The Kier molecular flexibility index (Phi) is 3.57. The van der Waals surface area contributed by atoms with Crippen molar-refractivity contribution in [3.63, 3.8) is 0 Å². The second kappa shape index (κ2) is 5.14. The van der Waals surface area contributed by atoms with Crippen LogP contribution in [0.1, 0.15) is 6.92 Å². The van der Waals surface area contributed by atoms with Gasteiger partial charge in [0, 0.05) is 14.1 Å². The van der Waals surface area contributed by atoms with Gasteiger partial charge in [-0.2, -0.15) is 0 Å². The van der Waals surface area contributed by atoms with Crippen LogP contribution in [-0.4, -0.2) is 38.2 Å².